The number of halogens is 1. The molecule has 0 aliphatic heterocycles. The number of rotatable bonds is 5. The van der Waals surface area contributed by atoms with Crippen LogP contribution in [-0.2, 0) is 10.0 Å². The Morgan fingerprint density at radius 3 is 2.41 bits per heavy atom. The standard InChI is InChI=1S/C20H16ClN3O3S2/c1-13-3-5-14(6-4-13)19-22-20(27-23-19)18-17(11-12-28-18)29(25,26)24(2)16-9-7-15(21)8-10-16/h3-12H,1-2H3. The first-order valence-electron chi connectivity index (χ1n) is 8.59. The van der Waals surface area contributed by atoms with Crippen molar-refractivity contribution >= 4 is 38.6 Å². The van der Waals surface area contributed by atoms with Crippen LogP contribution in [0.4, 0.5) is 5.69 Å². The van der Waals surface area contributed by atoms with Crippen molar-refractivity contribution in [2.75, 3.05) is 11.4 Å². The van der Waals surface area contributed by atoms with Crippen LogP contribution in [0.5, 0.6) is 0 Å². The van der Waals surface area contributed by atoms with Crippen molar-refractivity contribution < 1.29 is 12.9 Å². The van der Waals surface area contributed by atoms with E-state index < -0.39 is 10.0 Å². The quantitative estimate of drug-likeness (QED) is 0.419. The van der Waals surface area contributed by atoms with Crippen LogP contribution in [0.15, 0.2) is 69.4 Å². The summed E-state index contributed by atoms with van der Waals surface area (Å²) in [6.45, 7) is 1.99. The van der Waals surface area contributed by atoms with Gasteiger partial charge in [-0.25, -0.2) is 8.42 Å². The number of aromatic nitrogens is 2. The zero-order valence-electron chi connectivity index (χ0n) is 15.5. The maximum absolute atomic E-state index is 13.2. The summed E-state index contributed by atoms with van der Waals surface area (Å²) in [7, 11) is -2.34. The van der Waals surface area contributed by atoms with Gasteiger partial charge in [-0.15, -0.1) is 11.3 Å². The minimum Gasteiger partial charge on any atom is -0.333 e. The van der Waals surface area contributed by atoms with Crippen LogP contribution in [0.1, 0.15) is 5.56 Å². The topological polar surface area (TPSA) is 76.3 Å². The van der Waals surface area contributed by atoms with E-state index in [9.17, 15) is 8.42 Å². The van der Waals surface area contributed by atoms with E-state index in [1.54, 1.807) is 29.6 Å². The van der Waals surface area contributed by atoms with Crippen LogP contribution in [0, 0.1) is 6.92 Å². The summed E-state index contributed by atoms with van der Waals surface area (Å²) in [5.41, 5.74) is 2.41. The molecule has 2 aromatic carbocycles. The van der Waals surface area contributed by atoms with Gasteiger partial charge in [-0.05, 0) is 42.6 Å². The van der Waals surface area contributed by atoms with Gasteiger partial charge in [-0.3, -0.25) is 4.31 Å². The predicted molar refractivity (Wildman–Crippen MR) is 115 cm³/mol. The minimum absolute atomic E-state index is 0.110. The van der Waals surface area contributed by atoms with Gasteiger partial charge in [0, 0.05) is 17.6 Å². The molecular formula is C20H16ClN3O3S2. The molecule has 0 amide bonds. The number of hydrogen-bond donors (Lipinski definition) is 0. The third-order valence-corrected chi connectivity index (χ3v) is 7.50. The lowest BCUT2D eigenvalue weighted by Gasteiger charge is -2.19. The molecule has 0 N–H and O–H groups in total. The monoisotopic (exact) mass is 445 g/mol. The first-order valence-corrected chi connectivity index (χ1v) is 11.3. The first kappa shape index (κ1) is 19.6. The van der Waals surface area contributed by atoms with Crippen LogP contribution in [-0.4, -0.2) is 25.6 Å². The maximum Gasteiger partial charge on any atom is 0.269 e. The Hall–Kier alpha value is -2.68. The fourth-order valence-electron chi connectivity index (χ4n) is 2.73. The van der Waals surface area contributed by atoms with Gasteiger partial charge >= 0.3 is 0 Å². The highest BCUT2D eigenvalue weighted by molar-refractivity contribution is 7.93. The fraction of sp³-hybridized carbons (Fsp3) is 0.100. The molecule has 2 aromatic heterocycles. The third kappa shape index (κ3) is 3.78. The molecule has 6 nitrogen and oxygen atoms in total. The zero-order valence-corrected chi connectivity index (χ0v) is 17.9. The lowest BCUT2D eigenvalue weighted by molar-refractivity contribution is 0.432. The molecule has 2 heterocycles. The number of aryl methyl sites for hydroxylation is 1. The molecule has 0 saturated carbocycles. The molecule has 0 atom stereocenters. The summed E-state index contributed by atoms with van der Waals surface area (Å²) in [4.78, 5) is 4.91. The molecule has 0 bridgehead atoms. The molecule has 0 aliphatic carbocycles. The van der Waals surface area contributed by atoms with Crippen LogP contribution < -0.4 is 4.31 Å². The highest BCUT2D eigenvalue weighted by atomic mass is 35.5. The van der Waals surface area contributed by atoms with E-state index >= 15 is 0 Å². The van der Waals surface area contributed by atoms with Gasteiger partial charge in [-0.2, -0.15) is 4.98 Å². The first-order chi connectivity index (χ1) is 13.9. The Balaban J connectivity index is 1.70. The lowest BCUT2D eigenvalue weighted by atomic mass is 10.1. The van der Waals surface area contributed by atoms with Crippen molar-refractivity contribution in [3.8, 4) is 22.2 Å². The molecule has 0 spiro atoms. The van der Waals surface area contributed by atoms with Crippen molar-refractivity contribution in [1.29, 1.82) is 0 Å². The molecule has 0 fully saturated rings. The molecule has 0 saturated heterocycles. The van der Waals surface area contributed by atoms with Crippen molar-refractivity contribution in [2.24, 2.45) is 0 Å². The van der Waals surface area contributed by atoms with E-state index in [1.807, 2.05) is 31.2 Å². The van der Waals surface area contributed by atoms with Crippen molar-refractivity contribution in [2.45, 2.75) is 11.8 Å². The number of sulfonamides is 1. The third-order valence-electron chi connectivity index (χ3n) is 4.39. The largest absolute Gasteiger partial charge is 0.333 e. The molecule has 4 aromatic rings. The van der Waals surface area contributed by atoms with E-state index in [2.05, 4.69) is 10.1 Å². The summed E-state index contributed by atoms with van der Waals surface area (Å²) in [5, 5.41) is 6.23. The molecular weight excluding hydrogens is 430 g/mol. The summed E-state index contributed by atoms with van der Waals surface area (Å²) >= 11 is 7.14. The molecule has 148 valence electrons. The van der Waals surface area contributed by atoms with Gasteiger partial charge in [0.1, 0.15) is 9.77 Å². The number of nitrogens with zero attached hydrogens (tertiary/aromatic N) is 3. The van der Waals surface area contributed by atoms with Gasteiger partial charge in [0.2, 0.25) is 5.82 Å². The molecule has 0 aliphatic rings. The van der Waals surface area contributed by atoms with E-state index in [4.69, 9.17) is 16.1 Å². The molecule has 0 radical (unpaired) electrons. The molecule has 4 rings (SSSR count). The minimum atomic E-state index is -3.83. The fourth-order valence-corrected chi connectivity index (χ4v) is 5.37. The number of thiophene rings is 1. The molecule has 9 heteroatoms. The second-order valence-electron chi connectivity index (χ2n) is 6.35. The van der Waals surface area contributed by atoms with Crippen LogP contribution in [0.2, 0.25) is 5.02 Å². The summed E-state index contributed by atoms with van der Waals surface area (Å²) in [6, 6.07) is 15.8. The lowest BCUT2D eigenvalue weighted by Crippen LogP contribution is -2.26. The Kier molecular flexibility index (Phi) is 5.16. The Morgan fingerprint density at radius 2 is 1.72 bits per heavy atom. The second-order valence-corrected chi connectivity index (χ2v) is 9.64. The molecule has 29 heavy (non-hydrogen) atoms. The normalized spacial score (nSPS) is 11.6. The highest BCUT2D eigenvalue weighted by Gasteiger charge is 2.28. The molecule has 0 unspecified atom stereocenters. The van der Waals surface area contributed by atoms with Crippen molar-refractivity contribution in [3.05, 3.63) is 70.6 Å². The summed E-state index contributed by atoms with van der Waals surface area (Å²) in [5.74, 6) is 0.571. The predicted octanol–water partition coefficient (Wildman–Crippen LogP) is 5.25. The summed E-state index contributed by atoms with van der Waals surface area (Å²) in [6.07, 6.45) is 0. The average molecular weight is 446 g/mol. The number of anilines is 1. The van der Waals surface area contributed by atoms with E-state index in [1.165, 1.54) is 28.8 Å². The maximum atomic E-state index is 13.2. The van der Waals surface area contributed by atoms with Gasteiger partial charge in [0.05, 0.1) is 5.69 Å². The number of benzene rings is 2. The van der Waals surface area contributed by atoms with Gasteiger partial charge in [-0.1, -0.05) is 46.6 Å². The zero-order chi connectivity index (χ0) is 20.6. The Labute approximate surface area is 177 Å². The SMILES string of the molecule is Cc1ccc(-c2noc(-c3sccc3S(=O)(=O)N(C)c3ccc(Cl)cc3)n2)cc1. The van der Waals surface area contributed by atoms with Gasteiger partial charge < -0.3 is 4.52 Å². The van der Waals surface area contributed by atoms with E-state index in [-0.39, 0.29) is 10.8 Å². The Morgan fingerprint density at radius 1 is 1.03 bits per heavy atom. The van der Waals surface area contributed by atoms with E-state index in [0.29, 0.717) is 21.4 Å². The van der Waals surface area contributed by atoms with Crippen LogP contribution in [0.25, 0.3) is 22.2 Å². The number of hydrogen-bond acceptors (Lipinski definition) is 6. The second kappa shape index (κ2) is 7.62. The van der Waals surface area contributed by atoms with Crippen molar-refractivity contribution in [3.63, 3.8) is 0 Å². The van der Waals surface area contributed by atoms with E-state index in [0.717, 1.165) is 11.1 Å². The van der Waals surface area contributed by atoms with Crippen LogP contribution >= 0.6 is 22.9 Å². The smallest absolute Gasteiger partial charge is 0.269 e. The Bertz CT molecular complexity index is 1250. The van der Waals surface area contributed by atoms with Crippen LogP contribution in [0.3, 0.4) is 0 Å². The van der Waals surface area contributed by atoms with Crippen molar-refractivity contribution in [1.82, 2.24) is 10.1 Å². The average Bonchev–Trinajstić information content (AvgIpc) is 3.38. The van der Waals surface area contributed by atoms with Gasteiger partial charge in [0.15, 0.2) is 0 Å². The highest BCUT2D eigenvalue weighted by Crippen LogP contribution is 2.35. The van der Waals surface area contributed by atoms with Gasteiger partial charge in [0.25, 0.3) is 15.9 Å². The summed E-state index contributed by atoms with van der Waals surface area (Å²) < 4.78 is 33.0.